The summed E-state index contributed by atoms with van der Waals surface area (Å²) in [6.07, 6.45) is 1.69. The van der Waals surface area contributed by atoms with Gasteiger partial charge in [0.05, 0.1) is 25.7 Å². The molecule has 19 heavy (non-hydrogen) atoms. The molecule has 0 aliphatic heterocycles. The molecule has 0 radical (unpaired) electrons. The summed E-state index contributed by atoms with van der Waals surface area (Å²) in [5.74, 6) is 1.60. The summed E-state index contributed by atoms with van der Waals surface area (Å²) in [5, 5.41) is 7.24. The second kappa shape index (κ2) is 9.01. The van der Waals surface area contributed by atoms with Gasteiger partial charge >= 0.3 is 0 Å². The first-order valence-corrected chi connectivity index (χ1v) is 6.79. The van der Waals surface area contributed by atoms with Crippen molar-refractivity contribution in [2.45, 2.75) is 38.6 Å². The molecule has 0 fully saturated rings. The highest BCUT2D eigenvalue weighted by molar-refractivity contribution is 4.97. The van der Waals surface area contributed by atoms with Gasteiger partial charge in [-0.2, -0.15) is 4.98 Å². The summed E-state index contributed by atoms with van der Waals surface area (Å²) >= 11 is 0. The van der Waals surface area contributed by atoms with Crippen LogP contribution in [0, 0.1) is 0 Å². The van der Waals surface area contributed by atoms with Crippen molar-refractivity contribution in [3.05, 3.63) is 11.7 Å². The van der Waals surface area contributed by atoms with Gasteiger partial charge in [-0.25, -0.2) is 0 Å². The molecular formula is C13H25N3O3. The summed E-state index contributed by atoms with van der Waals surface area (Å²) in [4.78, 5) is 4.42. The fraction of sp³-hybridized carbons (Fsp3) is 0.846. The summed E-state index contributed by atoms with van der Waals surface area (Å²) in [6, 6.07) is 0.353. The van der Waals surface area contributed by atoms with E-state index in [4.69, 9.17) is 14.0 Å². The molecule has 0 bridgehead atoms. The first-order chi connectivity index (χ1) is 9.22. The van der Waals surface area contributed by atoms with Crippen molar-refractivity contribution in [1.82, 2.24) is 15.5 Å². The zero-order chi connectivity index (χ0) is 14.1. The molecule has 1 aromatic rings. The van der Waals surface area contributed by atoms with Gasteiger partial charge in [-0.15, -0.1) is 0 Å². The molecule has 0 saturated carbocycles. The molecule has 0 aliphatic carbocycles. The molecular weight excluding hydrogens is 246 g/mol. The number of nitrogens with one attached hydrogen (secondary N) is 1. The van der Waals surface area contributed by atoms with E-state index in [1.165, 1.54) is 0 Å². The van der Waals surface area contributed by atoms with E-state index in [0.717, 1.165) is 6.42 Å². The van der Waals surface area contributed by atoms with Gasteiger partial charge in [0.25, 0.3) is 0 Å². The Bertz CT molecular complexity index is 340. The molecule has 0 saturated heterocycles. The minimum Gasteiger partial charge on any atom is -0.382 e. The second-order valence-electron chi connectivity index (χ2n) is 4.50. The summed E-state index contributed by atoms with van der Waals surface area (Å²) in [5.41, 5.74) is 0. The molecule has 2 unspecified atom stereocenters. The molecule has 1 heterocycles. The average Bonchev–Trinajstić information content (AvgIpc) is 2.88. The van der Waals surface area contributed by atoms with Crippen molar-refractivity contribution in [1.29, 1.82) is 0 Å². The van der Waals surface area contributed by atoms with Crippen LogP contribution < -0.4 is 5.32 Å². The van der Waals surface area contributed by atoms with Crippen LogP contribution in [0.2, 0.25) is 0 Å². The van der Waals surface area contributed by atoms with Gasteiger partial charge < -0.3 is 19.3 Å². The van der Waals surface area contributed by atoms with Crippen molar-refractivity contribution in [3.8, 4) is 0 Å². The first-order valence-electron chi connectivity index (χ1n) is 6.79. The van der Waals surface area contributed by atoms with Crippen molar-refractivity contribution < 1.29 is 14.0 Å². The molecule has 6 heteroatoms. The lowest BCUT2D eigenvalue weighted by Crippen LogP contribution is -2.30. The lowest BCUT2D eigenvalue weighted by atomic mass is 10.00. The smallest absolute Gasteiger partial charge is 0.231 e. The maximum Gasteiger partial charge on any atom is 0.231 e. The Labute approximate surface area is 114 Å². The van der Waals surface area contributed by atoms with Crippen LogP contribution in [0.15, 0.2) is 4.52 Å². The molecule has 0 aromatic carbocycles. The third kappa shape index (κ3) is 5.26. The molecule has 0 aliphatic rings. The van der Waals surface area contributed by atoms with Crippen LogP contribution in [0.3, 0.4) is 0 Å². The molecule has 6 nitrogen and oxygen atoms in total. The SMILES string of the molecule is CCC(NC)C(C)c1nc(CCOCCOC)no1. The Morgan fingerprint density at radius 2 is 2.11 bits per heavy atom. The normalized spacial score (nSPS) is 14.5. The van der Waals surface area contributed by atoms with Crippen LogP contribution in [0.4, 0.5) is 0 Å². The lowest BCUT2D eigenvalue weighted by molar-refractivity contribution is 0.0714. The van der Waals surface area contributed by atoms with Gasteiger partial charge in [-0.3, -0.25) is 0 Å². The van der Waals surface area contributed by atoms with Gasteiger partial charge in [0.1, 0.15) is 0 Å². The Balaban J connectivity index is 2.39. The topological polar surface area (TPSA) is 69.4 Å². The Kier molecular flexibility index (Phi) is 7.62. The quantitative estimate of drug-likeness (QED) is 0.648. The lowest BCUT2D eigenvalue weighted by Gasteiger charge is -2.18. The molecule has 1 aromatic heterocycles. The summed E-state index contributed by atoms with van der Waals surface area (Å²) < 4.78 is 15.6. The van der Waals surface area contributed by atoms with Crippen molar-refractivity contribution in [2.24, 2.45) is 0 Å². The first kappa shape index (κ1) is 16.1. The van der Waals surface area contributed by atoms with E-state index in [0.29, 0.717) is 44.0 Å². The molecule has 1 N–H and O–H groups in total. The van der Waals surface area contributed by atoms with Crippen LogP contribution in [-0.4, -0.2) is 50.2 Å². The molecule has 0 amide bonds. The highest BCUT2D eigenvalue weighted by Crippen LogP contribution is 2.19. The van der Waals surface area contributed by atoms with Crippen LogP contribution >= 0.6 is 0 Å². The predicted molar refractivity (Wildman–Crippen MR) is 72.3 cm³/mol. The Hall–Kier alpha value is -0.980. The standard InChI is InChI=1S/C13H25N3O3/c1-5-11(14-3)10(2)13-15-12(16-19-13)6-7-18-9-8-17-4/h10-11,14H,5-9H2,1-4H3. The summed E-state index contributed by atoms with van der Waals surface area (Å²) in [7, 11) is 3.60. The number of ether oxygens (including phenoxy) is 2. The third-order valence-corrected chi connectivity index (χ3v) is 3.19. The van der Waals surface area contributed by atoms with E-state index >= 15 is 0 Å². The number of rotatable bonds is 10. The van der Waals surface area contributed by atoms with E-state index in [1.807, 2.05) is 7.05 Å². The van der Waals surface area contributed by atoms with Crippen molar-refractivity contribution >= 4 is 0 Å². The number of hydrogen-bond acceptors (Lipinski definition) is 6. The predicted octanol–water partition coefficient (Wildman–Crippen LogP) is 1.38. The minimum atomic E-state index is 0.214. The second-order valence-corrected chi connectivity index (χ2v) is 4.50. The van der Waals surface area contributed by atoms with Gasteiger partial charge in [0.15, 0.2) is 5.82 Å². The van der Waals surface area contributed by atoms with E-state index in [-0.39, 0.29) is 5.92 Å². The Morgan fingerprint density at radius 1 is 1.32 bits per heavy atom. The fourth-order valence-electron chi connectivity index (χ4n) is 1.94. The van der Waals surface area contributed by atoms with Gasteiger partial charge in [-0.05, 0) is 13.5 Å². The fourth-order valence-corrected chi connectivity index (χ4v) is 1.94. The molecule has 110 valence electrons. The Morgan fingerprint density at radius 3 is 2.74 bits per heavy atom. The molecule has 0 spiro atoms. The third-order valence-electron chi connectivity index (χ3n) is 3.19. The monoisotopic (exact) mass is 271 g/mol. The van der Waals surface area contributed by atoms with Crippen LogP contribution in [0.5, 0.6) is 0 Å². The maximum absolute atomic E-state index is 5.38. The van der Waals surface area contributed by atoms with E-state index in [9.17, 15) is 0 Å². The number of methoxy groups -OCH3 is 1. The zero-order valence-corrected chi connectivity index (χ0v) is 12.3. The molecule has 2 atom stereocenters. The van der Waals surface area contributed by atoms with E-state index < -0.39 is 0 Å². The van der Waals surface area contributed by atoms with Crippen LogP contribution in [0.1, 0.15) is 37.9 Å². The number of hydrogen-bond donors (Lipinski definition) is 1. The van der Waals surface area contributed by atoms with Crippen molar-refractivity contribution in [2.75, 3.05) is 34.0 Å². The van der Waals surface area contributed by atoms with E-state index in [1.54, 1.807) is 7.11 Å². The summed E-state index contributed by atoms with van der Waals surface area (Å²) in [6.45, 7) is 6.01. The van der Waals surface area contributed by atoms with Gasteiger partial charge in [-0.1, -0.05) is 19.0 Å². The van der Waals surface area contributed by atoms with Gasteiger partial charge in [0, 0.05) is 19.6 Å². The highest BCUT2D eigenvalue weighted by Gasteiger charge is 2.21. The zero-order valence-electron chi connectivity index (χ0n) is 12.3. The number of nitrogens with zero attached hydrogens (tertiary/aromatic N) is 2. The van der Waals surface area contributed by atoms with Crippen molar-refractivity contribution in [3.63, 3.8) is 0 Å². The minimum absolute atomic E-state index is 0.214. The van der Waals surface area contributed by atoms with Crippen LogP contribution in [0.25, 0.3) is 0 Å². The van der Waals surface area contributed by atoms with Gasteiger partial charge in [0.2, 0.25) is 5.89 Å². The number of likely N-dealkylation sites (N-methyl/N-ethyl adjacent to an activating group) is 1. The largest absolute Gasteiger partial charge is 0.382 e. The number of aromatic nitrogens is 2. The average molecular weight is 271 g/mol. The maximum atomic E-state index is 5.38. The molecule has 1 rings (SSSR count). The van der Waals surface area contributed by atoms with E-state index in [2.05, 4.69) is 29.3 Å². The highest BCUT2D eigenvalue weighted by atomic mass is 16.5. The van der Waals surface area contributed by atoms with Crippen LogP contribution in [-0.2, 0) is 15.9 Å².